The second-order valence-corrected chi connectivity index (χ2v) is 11.1. The van der Waals surface area contributed by atoms with Gasteiger partial charge in [0.25, 0.3) is 5.91 Å². The van der Waals surface area contributed by atoms with Crippen LogP contribution in [0.15, 0.2) is 72.9 Å². The zero-order valence-electron chi connectivity index (χ0n) is 24.7. The summed E-state index contributed by atoms with van der Waals surface area (Å²) in [5.74, 6) is 0.411. The molecule has 0 spiro atoms. The standard InChI is InChI=1S/C33H31F3N6O3/c1-20-3-10-25(45-32-29-27(11-12-37-29)38-30(40-32)21-6-8-24(43)9-7-21)18-28(20)39-31(44)22-4-5-23(26(17-22)33(34,35)36)19-42-15-13-41(2)14-16-42/h3-12,17-18,37,43H,13-16,19H2,1-2H3,(H,39,44). The van der Waals surface area contributed by atoms with E-state index in [2.05, 4.69) is 25.2 Å². The number of aryl methyl sites for hydroxylation is 1. The molecule has 1 amide bonds. The first-order valence-electron chi connectivity index (χ1n) is 14.4. The number of anilines is 1. The number of nitrogens with one attached hydrogen (secondary N) is 2. The molecule has 0 saturated carbocycles. The first-order chi connectivity index (χ1) is 21.5. The molecule has 1 fully saturated rings. The van der Waals surface area contributed by atoms with Gasteiger partial charge in [0, 0.05) is 61.8 Å². The second-order valence-electron chi connectivity index (χ2n) is 11.1. The number of ether oxygens (including phenoxy) is 1. The molecule has 12 heteroatoms. The van der Waals surface area contributed by atoms with Crippen molar-refractivity contribution in [1.82, 2.24) is 24.8 Å². The lowest BCUT2D eigenvalue weighted by Crippen LogP contribution is -2.44. The Morgan fingerprint density at radius 1 is 1.00 bits per heavy atom. The molecule has 0 radical (unpaired) electrons. The molecule has 9 nitrogen and oxygen atoms in total. The number of phenols is 1. The Hall–Kier alpha value is -4.94. The van der Waals surface area contributed by atoms with Crippen molar-refractivity contribution in [3.05, 3.63) is 95.2 Å². The van der Waals surface area contributed by atoms with Crippen LogP contribution in [0.5, 0.6) is 17.4 Å². The molecule has 6 rings (SSSR count). The van der Waals surface area contributed by atoms with Gasteiger partial charge < -0.3 is 25.0 Å². The van der Waals surface area contributed by atoms with Crippen molar-refractivity contribution >= 4 is 22.6 Å². The fourth-order valence-corrected chi connectivity index (χ4v) is 5.20. The smallest absolute Gasteiger partial charge is 0.416 e. The highest BCUT2D eigenvalue weighted by atomic mass is 19.4. The number of aromatic hydroxyl groups is 1. The lowest BCUT2D eigenvalue weighted by atomic mass is 10.0. The third-order valence-electron chi connectivity index (χ3n) is 7.84. The van der Waals surface area contributed by atoms with Crippen LogP contribution in [0, 0.1) is 6.92 Å². The summed E-state index contributed by atoms with van der Waals surface area (Å²) in [6.45, 7) is 4.87. The van der Waals surface area contributed by atoms with Crippen molar-refractivity contribution in [3.8, 4) is 28.8 Å². The van der Waals surface area contributed by atoms with Gasteiger partial charge in [-0.2, -0.15) is 18.2 Å². The van der Waals surface area contributed by atoms with E-state index >= 15 is 0 Å². The van der Waals surface area contributed by atoms with Crippen LogP contribution < -0.4 is 10.1 Å². The minimum absolute atomic E-state index is 0.0994. The van der Waals surface area contributed by atoms with E-state index in [-0.39, 0.29) is 29.3 Å². The Bertz CT molecular complexity index is 1850. The number of piperazine rings is 1. The molecule has 3 aromatic carbocycles. The molecule has 0 unspecified atom stereocenters. The third-order valence-corrected chi connectivity index (χ3v) is 7.84. The van der Waals surface area contributed by atoms with Crippen molar-refractivity contribution in [2.45, 2.75) is 19.6 Å². The van der Waals surface area contributed by atoms with Gasteiger partial charge in [0.15, 0.2) is 5.82 Å². The molecule has 0 aliphatic carbocycles. The maximum Gasteiger partial charge on any atom is 0.416 e. The lowest BCUT2D eigenvalue weighted by molar-refractivity contribution is -0.138. The number of hydrogen-bond acceptors (Lipinski definition) is 7. The number of carbonyl (C=O) groups is 1. The number of fused-ring (bicyclic) bond motifs is 1. The number of aromatic nitrogens is 3. The Balaban J connectivity index is 1.24. The highest BCUT2D eigenvalue weighted by Gasteiger charge is 2.34. The molecule has 3 N–H and O–H groups in total. The number of carbonyl (C=O) groups excluding carboxylic acids is 1. The summed E-state index contributed by atoms with van der Waals surface area (Å²) in [4.78, 5) is 29.6. The zero-order valence-corrected chi connectivity index (χ0v) is 24.7. The van der Waals surface area contributed by atoms with E-state index in [4.69, 9.17) is 4.74 Å². The van der Waals surface area contributed by atoms with Crippen molar-refractivity contribution < 1.29 is 27.8 Å². The van der Waals surface area contributed by atoms with Gasteiger partial charge in [-0.25, -0.2) is 4.98 Å². The molecular formula is C33H31F3N6O3. The number of hydrogen-bond donors (Lipinski definition) is 3. The molecule has 45 heavy (non-hydrogen) atoms. The normalized spacial score (nSPS) is 14.5. The number of nitrogens with zero attached hydrogens (tertiary/aromatic N) is 4. The highest BCUT2D eigenvalue weighted by molar-refractivity contribution is 6.05. The molecular weight excluding hydrogens is 585 g/mol. The molecule has 1 aliphatic rings. The van der Waals surface area contributed by atoms with Crippen molar-refractivity contribution in [3.63, 3.8) is 0 Å². The number of phenolic OH excluding ortho intramolecular Hbond substituents is 1. The molecule has 1 aliphatic heterocycles. The Kier molecular flexibility index (Phi) is 8.17. The van der Waals surface area contributed by atoms with Gasteiger partial charge in [-0.3, -0.25) is 9.69 Å². The topological polar surface area (TPSA) is 107 Å². The predicted molar refractivity (Wildman–Crippen MR) is 164 cm³/mol. The lowest BCUT2D eigenvalue weighted by Gasteiger charge is -2.33. The molecule has 1 saturated heterocycles. The van der Waals surface area contributed by atoms with E-state index in [9.17, 15) is 23.1 Å². The predicted octanol–water partition coefficient (Wildman–Crippen LogP) is 6.45. The minimum Gasteiger partial charge on any atom is -0.508 e. The fraction of sp³-hybridized carbons (Fsp3) is 0.242. The maximum atomic E-state index is 14.1. The van der Waals surface area contributed by atoms with Crippen LogP contribution in [0.1, 0.15) is 27.0 Å². The van der Waals surface area contributed by atoms with Crippen molar-refractivity contribution in [2.75, 3.05) is 38.5 Å². The average molecular weight is 617 g/mol. The summed E-state index contributed by atoms with van der Waals surface area (Å²) in [5.41, 5.74) is 2.13. The number of aromatic amines is 1. The van der Waals surface area contributed by atoms with Crippen molar-refractivity contribution in [2.24, 2.45) is 0 Å². The molecule has 0 atom stereocenters. The summed E-state index contributed by atoms with van der Waals surface area (Å²) >= 11 is 0. The van der Waals surface area contributed by atoms with Crippen molar-refractivity contribution in [1.29, 1.82) is 0 Å². The van der Waals surface area contributed by atoms with Gasteiger partial charge in [-0.1, -0.05) is 12.1 Å². The summed E-state index contributed by atoms with van der Waals surface area (Å²) in [5, 5.41) is 12.4. The van der Waals surface area contributed by atoms with E-state index in [1.807, 2.05) is 11.9 Å². The van der Waals surface area contributed by atoms with E-state index < -0.39 is 17.6 Å². The van der Waals surface area contributed by atoms with Gasteiger partial charge in [0.05, 0.1) is 11.1 Å². The molecule has 5 aromatic rings. The highest BCUT2D eigenvalue weighted by Crippen LogP contribution is 2.35. The van der Waals surface area contributed by atoms with E-state index in [1.54, 1.807) is 49.5 Å². The number of benzene rings is 3. The van der Waals surface area contributed by atoms with E-state index in [0.717, 1.165) is 19.2 Å². The summed E-state index contributed by atoms with van der Waals surface area (Å²) in [7, 11) is 1.99. The molecule has 2 aromatic heterocycles. The first kappa shape index (κ1) is 30.1. The third kappa shape index (κ3) is 6.76. The van der Waals surface area contributed by atoms with Crippen LogP contribution in [-0.4, -0.2) is 69.0 Å². The SMILES string of the molecule is Cc1ccc(Oc2nc(-c3ccc(O)cc3)nc3cc[nH]c23)cc1NC(=O)c1ccc(CN2CCN(C)CC2)c(C(F)(F)F)c1. The minimum atomic E-state index is -4.61. The first-order valence-corrected chi connectivity index (χ1v) is 14.4. The summed E-state index contributed by atoms with van der Waals surface area (Å²) in [6, 6.07) is 17.0. The van der Waals surface area contributed by atoms with E-state index in [1.165, 1.54) is 24.3 Å². The van der Waals surface area contributed by atoms with Crippen LogP contribution in [0.2, 0.25) is 0 Å². The second kappa shape index (κ2) is 12.2. The largest absolute Gasteiger partial charge is 0.508 e. The number of halogens is 3. The number of alkyl halides is 3. The number of likely N-dealkylation sites (N-methyl/N-ethyl adjacent to an activating group) is 1. The summed E-state index contributed by atoms with van der Waals surface area (Å²) in [6.07, 6.45) is -2.90. The molecule has 3 heterocycles. The number of H-pyrrole nitrogens is 1. The van der Waals surface area contributed by atoms with Gasteiger partial charge in [0.1, 0.15) is 17.0 Å². The Morgan fingerprint density at radius 3 is 2.49 bits per heavy atom. The number of amides is 1. The Morgan fingerprint density at radius 2 is 1.76 bits per heavy atom. The average Bonchev–Trinajstić information content (AvgIpc) is 3.49. The van der Waals surface area contributed by atoms with Crippen LogP contribution >= 0.6 is 0 Å². The zero-order chi connectivity index (χ0) is 31.7. The molecule has 0 bridgehead atoms. The summed E-state index contributed by atoms with van der Waals surface area (Å²) < 4.78 is 48.4. The van der Waals surface area contributed by atoms with Crippen LogP contribution in [0.4, 0.5) is 18.9 Å². The van der Waals surface area contributed by atoms with Gasteiger partial charge in [-0.05, 0) is 73.6 Å². The molecule has 232 valence electrons. The maximum absolute atomic E-state index is 14.1. The number of rotatable bonds is 7. The van der Waals surface area contributed by atoms with Gasteiger partial charge >= 0.3 is 6.18 Å². The van der Waals surface area contributed by atoms with E-state index in [0.29, 0.717) is 52.5 Å². The monoisotopic (exact) mass is 616 g/mol. The van der Waals surface area contributed by atoms with Crippen LogP contribution in [0.3, 0.4) is 0 Å². The van der Waals surface area contributed by atoms with Crippen LogP contribution in [0.25, 0.3) is 22.4 Å². The van der Waals surface area contributed by atoms with Gasteiger partial charge in [-0.15, -0.1) is 0 Å². The Labute approximate surface area is 257 Å². The van der Waals surface area contributed by atoms with Crippen LogP contribution in [-0.2, 0) is 12.7 Å². The fourth-order valence-electron chi connectivity index (χ4n) is 5.20. The quantitative estimate of drug-likeness (QED) is 0.193. The van der Waals surface area contributed by atoms with Gasteiger partial charge in [0.2, 0.25) is 5.88 Å².